The molecule has 16 heteroatoms. The van der Waals surface area contributed by atoms with Crippen LogP contribution < -0.4 is 10.1 Å². The molecule has 9 nitrogen and oxygen atoms in total. The van der Waals surface area contributed by atoms with Crippen LogP contribution >= 0.6 is 11.3 Å². The Morgan fingerprint density at radius 2 is 1.76 bits per heavy atom. The molecular weight excluding hydrogens is 548 g/mol. The molecule has 3 N–H and O–H groups in total. The van der Waals surface area contributed by atoms with Crippen molar-refractivity contribution in [3.8, 4) is 5.75 Å². The molecule has 0 aromatic carbocycles. The van der Waals surface area contributed by atoms with E-state index in [0.29, 0.717) is 13.2 Å². The van der Waals surface area contributed by atoms with Crippen LogP contribution in [0.5, 0.6) is 5.75 Å². The molecule has 0 unspecified atom stereocenters. The molecule has 0 bridgehead atoms. The summed E-state index contributed by atoms with van der Waals surface area (Å²) in [6.07, 6.45) is -5.81. The van der Waals surface area contributed by atoms with E-state index >= 15 is 0 Å². The monoisotopic (exact) mass is 571 g/mol. The zero-order valence-corrected chi connectivity index (χ0v) is 20.3. The fourth-order valence-electron chi connectivity index (χ4n) is 3.81. The number of ether oxygens (including phenoxy) is 1. The van der Waals surface area contributed by atoms with Gasteiger partial charge in [0, 0.05) is 36.6 Å². The van der Waals surface area contributed by atoms with Crippen LogP contribution in [0.3, 0.4) is 0 Å². The lowest BCUT2D eigenvalue weighted by Gasteiger charge is -2.28. The molecule has 2 aromatic rings. The summed E-state index contributed by atoms with van der Waals surface area (Å²) >= 11 is 1.78. The third kappa shape index (κ3) is 8.86. The Morgan fingerprint density at radius 1 is 1.13 bits per heavy atom. The third-order valence-corrected chi connectivity index (χ3v) is 6.51. The molecule has 0 saturated carbocycles. The van der Waals surface area contributed by atoms with Crippen LogP contribution in [0.1, 0.15) is 11.3 Å². The predicted octanol–water partition coefficient (Wildman–Crippen LogP) is 3.43. The van der Waals surface area contributed by atoms with E-state index in [1.54, 1.807) is 23.7 Å². The van der Waals surface area contributed by atoms with Crippen LogP contribution in [-0.4, -0.2) is 76.5 Å². The maximum Gasteiger partial charge on any atom is 0.490 e. The average Bonchev–Trinajstić information content (AvgIpc) is 3.56. The van der Waals surface area contributed by atoms with Crippen molar-refractivity contribution in [1.29, 1.82) is 0 Å². The number of pyridine rings is 1. The van der Waals surface area contributed by atoms with Crippen molar-refractivity contribution < 1.29 is 55.7 Å². The molecule has 4 rings (SSSR count). The number of hydrogen-bond acceptors (Lipinski definition) is 7. The number of nitrogens with zero attached hydrogens (tertiary/aromatic N) is 2. The Bertz CT molecular complexity index is 1040. The van der Waals surface area contributed by atoms with Gasteiger partial charge in [-0.1, -0.05) is 6.07 Å². The molecule has 210 valence electrons. The number of alkyl halides is 6. The molecule has 2 fully saturated rings. The Morgan fingerprint density at radius 3 is 2.26 bits per heavy atom. The van der Waals surface area contributed by atoms with Gasteiger partial charge in [0.05, 0.1) is 18.2 Å². The second-order valence-electron chi connectivity index (χ2n) is 8.21. The average molecular weight is 571 g/mol. The van der Waals surface area contributed by atoms with E-state index in [0.717, 1.165) is 31.8 Å². The van der Waals surface area contributed by atoms with Gasteiger partial charge in [-0.15, -0.1) is 11.3 Å². The summed E-state index contributed by atoms with van der Waals surface area (Å²) in [7, 11) is 0. The highest BCUT2D eigenvalue weighted by Gasteiger charge is 2.54. The minimum Gasteiger partial charge on any atom is -0.492 e. The zero-order valence-electron chi connectivity index (χ0n) is 19.5. The van der Waals surface area contributed by atoms with Gasteiger partial charge in [-0.3, -0.25) is 14.7 Å². The number of aromatic nitrogens is 1. The quantitative estimate of drug-likeness (QED) is 0.466. The summed E-state index contributed by atoms with van der Waals surface area (Å²) in [5.74, 6) is -4.35. The summed E-state index contributed by atoms with van der Waals surface area (Å²) < 4.78 is 69.4. The van der Waals surface area contributed by atoms with Gasteiger partial charge >= 0.3 is 24.3 Å². The van der Waals surface area contributed by atoms with E-state index in [4.69, 9.17) is 24.5 Å². The number of rotatable bonds is 5. The van der Waals surface area contributed by atoms with Gasteiger partial charge in [-0.25, -0.2) is 9.59 Å². The van der Waals surface area contributed by atoms with Crippen molar-refractivity contribution in [2.24, 2.45) is 11.3 Å². The van der Waals surface area contributed by atoms with Crippen LogP contribution in [0, 0.1) is 11.3 Å². The number of halogens is 6. The highest BCUT2D eigenvalue weighted by atomic mass is 32.1. The lowest BCUT2D eigenvalue weighted by atomic mass is 9.77. The number of thiophene rings is 1. The molecule has 2 aliphatic heterocycles. The summed E-state index contributed by atoms with van der Waals surface area (Å²) in [4.78, 5) is 38.2. The zero-order chi connectivity index (χ0) is 28.6. The number of nitrogens with one attached hydrogen (secondary N) is 1. The maximum atomic E-state index is 12.6. The van der Waals surface area contributed by atoms with Crippen LogP contribution in [0.4, 0.5) is 26.3 Å². The molecule has 2 saturated heterocycles. The summed E-state index contributed by atoms with van der Waals surface area (Å²) in [5.41, 5.74) is -0.306. The normalized spacial score (nSPS) is 21.1. The first-order valence-corrected chi connectivity index (χ1v) is 11.7. The number of likely N-dealkylation sites (tertiary alicyclic amines) is 1. The lowest BCUT2D eigenvalue weighted by molar-refractivity contribution is -0.193. The van der Waals surface area contributed by atoms with E-state index in [9.17, 15) is 31.1 Å². The number of carbonyl (C=O) groups is 3. The summed E-state index contributed by atoms with van der Waals surface area (Å²) in [6, 6.07) is 8.01. The highest BCUT2D eigenvalue weighted by Crippen LogP contribution is 2.42. The molecule has 0 aliphatic carbocycles. The Hall–Kier alpha value is -3.40. The molecule has 0 radical (unpaired) electrons. The Kier molecular flexibility index (Phi) is 10.5. The standard InChI is InChI=1S/C18H21N3O2S.2C2HF3O2/c22-17-18(5-7-21(13-18)11-16-4-2-8-24-16)14(9-20-17)12-23-15-3-1-6-19-10-15;2*3-2(4,5)1(6)7/h1-4,6,8,10,14H,5,7,9,11-13H2,(H,20,22);2*(H,6,7)/t14-,18+;;/m0../s1. The third-order valence-electron chi connectivity index (χ3n) is 5.65. The van der Waals surface area contributed by atoms with Gasteiger partial charge in [0.15, 0.2) is 0 Å². The van der Waals surface area contributed by atoms with Crippen molar-refractivity contribution in [3.63, 3.8) is 0 Å². The minimum atomic E-state index is -5.08. The number of carbonyl (C=O) groups excluding carboxylic acids is 1. The molecule has 1 amide bonds. The SMILES string of the molecule is O=C(O)C(F)(F)F.O=C(O)C(F)(F)F.O=C1NC[C@@H](COc2cccnc2)[C@]12CCN(Cc1cccs1)C2. The minimum absolute atomic E-state index is 0.191. The molecule has 4 heterocycles. The first-order chi connectivity index (χ1) is 17.6. The van der Waals surface area contributed by atoms with Crippen molar-refractivity contribution in [2.75, 3.05) is 26.2 Å². The number of hydrogen-bond donors (Lipinski definition) is 3. The number of aliphatic carboxylic acids is 2. The fraction of sp³-hybridized carbons (Fsp3) is 0.455. The van der Waals surface area contributed by atoms with Crippen LogP contribution in [0.15, 0.2) is 42.0 Å². The Labute approximate surface area is 216 Å². The molecule has 2 aliphatic rings. The molecular formula is C22H23F6N3O6S. The molecule has 38 heavy (non-hydrogen) atoms. The smallest absolute Gasteiger partial charge is 0.490 e. The highest BCUT2D eigenvalue weighted by molar-refractivity contribution is 7.09. The second kappa shape index (κ2) is 12.9. The van der Waals surface area contributed by atoms with Crippen LogP contribution in [0.25, 0.3) is 0 Å². The number of amides is 1. The number of carboxylic acids is 2. The molecule has 2 aromatic heterocycles. The van der Waals surface area contributed by atoms with Crippen molar-refractivity contribution in [3.05, 3.63) is 46.9 Å². The maximum absolute atomic E-state index is 12.6. The summed E-state index contributed by atoms with van der Waals surface area (Å²) in [5, 5.41) is 19.4. The van der Waals surface area contributed by atoms with Gasteiger partial charge in [0.2, 0.25) is 5.91 Å². The molecule has 1 spiro atoms. The van der Waals surface area contributed by atoms with Crippen LogP contribution in [0.2, 0.25) is 0 Å². The fourth-order valence-corrected chi connectivity index (χ4v) is 4.56. The second-order valence-corrected chi connectivity index (χ2v) is 9.24. The van der Waals surface area contributed by atoms with E-state index in [1.807, 2.05) is 12.1 Å². The first-order valence-electron chi connectivity index (χ1n) is 10.8. The van der Waals surface area contributed by atoms with Gasteiger partial charge in [-0.2, -0.15) is 26.3 Å². The Balaban J connectivity index is 0.000000301. The first kappa shape index (κ1) is 30.8. The van der Waals surface area contributed by atoms with E-state index in [-0.39, 0.29) is 17.2 Å². The van der Waals surface area contributed by atoms with Crippen LogP contribution in [-0.2, 0) is 20.9 Å². The predicted molar refractivity (Wildman–Crippen MR) is 120 cm³/mol. The topological polar surface area (TPSA) is 129 Å². The lowest BCUT2D eigenvalue weighted by Crippen LogP contribution is -2.40. The van der Waals surface area contributed by atoms with E-state index in [1.165, 1.54) is 4.88 Å². The van der Waals surface area contributed by atoms with Crippen molar-refractivity contribution in [1.82, 2.24) is 15.2 Å². The number of carboxylic acid groups (broad SMARTS) is 2. The summed E-state index contributed by atoms with van der Waals surface area (Å²) in [6.45, 7) is 3.97. The van der Waals surface area contributed by atoms with Gasteiger partial charge in [0.1, 0.15) is 5.75 Å². The van der Waals surface area contributed by atoms with E-state index in [2.05, 4.69) is 32.7 Å². The van der Waals surface area contributed by atoms with Crippen molar-refractivity contribution >= 4 is 29.2 Å². The van der Waals surface area contributed by atoms with E-state index < -0.39 is 24.3 Å². The van der Waals surface area contributed by atoms with Crippen molar-refractivity contribution in [2.45, 2.75) is 25.3 Å². The van der Waals surface area contributed by atoms with Gasteiger partial charge in [0.25, 0.3) is 0 Å². The van der Waals surface area contributed by atoms with Gasteiger partial charge < -0.3 is 20.3 Å². The van der Waals surface area contributed by atoms with Gasteiger partial charge in [-0.05, 0) is 36.5 Å². The largest absolute Gasteiger partial charge is 0.492 e. The molecule has 2 atom stereocenters.